The number of hydrogen-bond acceptors (Lipinski definition) is 2. The Kier molecular flexibility index (Phi) is 3.79. The molecule has 19 heavy (non-hydrogen) atoms. The van der Waals surface area contributed by atoms with Crippen LogP contribution in [0.5, 0.6) is 5.75 Å². The van der Waals surface area contributed by atoms with Gasteiger partial charge in [0.1, 0.15) is 5.75 Å². The van der Waals surface area contributed by atoms with Crippen LogP contribution in [-0.2, 0) is 6.42 Å². The van der Waals surface area contributed by atoms with Crippen LogP contribution in [0.2, 0.25) is 0 Å². The molecule has 0 spiro atoms. The second-order valence-electron chi connectivity index (χ2n) is 6.16. The lowest BCUT2D eigenvalue weighted by molar-refractivity contribution is 0.341. The van der Waals surface area contributed by atoms with Crippen molar-refractivity contribution < 1.29 is 4.74 Å². The largest absolute Gasteiger partial charge is 0.497 e. The minimum absolute atomic E-state index is 0.528. The zero-order chi connectivity index (χ0) is 13.2. The zero-order valence-electron chi connectivity index (χ0n) is 12.1. The van der Waals surface area contributed by atoms with Gasteiger partial charge < -0.3 is 10.1 Å². The summed E-state index contributed by atoms with van der Waals surface area (Å²) in [6.07, 6.45) is 8.10. The Morgan fingerprint density at radius 1 is 1.21 bits per heavy atom. The van der Waals surface area contributed by atoms with E-state index in [0.29, 0.717) is 12.1 Å². The third-order valence-electron chi connectivity index (χ3n) is 5.00. The maximum Gasteiger partial charge on any atom is 0.119 e. The summed E-state index contributed by atoms with van der Waals surface area (Å²) >= 11 is 0. The van der Waals surface area contributed by atoms with Gasteiger partial charge in [-0.3, -0.25) is 0 Å². The van der Waals surface area contributed by atoms with Gasteiger partial charge in [-0.15, -0.1) is 0 Å². The van der Waals surface area contributed by atoms with Crippen LogP contribution < -0.4 is 10.1 Å². The number of nitrogens with one attached hydrogen (secondary N) is 1. The van der Waals surface area contributed by atoms with Crippen LogP contribution in [0, 0.1) is 5.92 Å². The second kappa shape index (κ2) is 5.54. The number of ether oxygens (including phenoxy) is 1. The van der Waals surface area contributed by atoms with Crippen molar-refractivity contribution in [3.63, 3.8) is 0 Å². The standard InChI is InChI=1S/C17H25NO/c1-12(13-5-3-4-6-13)18-17-10-8-14-7-9-15(19-2)11-16(14)17/h7,9,11-13,17-18H,3-6,8,10H2,1-2H3. The Morgan fingerprint density at radius 2 is 2.00 bits per heavy atom. The SMILES string of the molecule is COc1ccc2c(c1)C(NC(C)C1CCCC1)CC2. The first-order valence-corrected chi connectivity index (χ1v) is 7.71. The van der Waals surface area contributed by atoms with E-state index >= 15 is 0 Å². The second-order valence-corrected chi connectivity index (χ2v) is 6.16. The van der Waals surface area contributed by atoms with E-state index in [-0.39, 0.29) is 0 Å². The Morgan fingerprint density at radius 3 is 2.74 bits per heavy atom. The van der Waals surface area contributed by atoms with Gasteiger partial charge in [0, 0.05) is 12.1 Å². The molecule has 0 heterocycles. The zero-order valence-corrected chi connectivity index (χ0v) is 12.1. The highest BCUT2D eigenvalue weighted by atomic mass is 16.5. The van der Waals surface area contributed by atoms with Gasteiger partial charge in [-0.1, -0.05) is 18.9 Å². The normalized spacial score (nSPS) is 24.4. The van der Waals surface area contributed by atoms with Gasteiger partial charge >= 0.3 is 0 Å². The molecule has 2 aliphatic carbocycles. The molecule has 1 saturated carbocycles. The summed E-state index contributed by atoms with van der Waals surface area (Å²) in [7, 11) is 1.75. The number of rotatable bonds is 4. The molecule has 0 aliphatic heterocycles. The molecule has 1 aromatic rings. The quantitative estimate of drug-likeness (QED) is 0.886. The van der Waals surface area contributed by atoms with Crippen molar-refractivity contribution in [2.75, 3.05) is 7.11 Å². The number of fused-ring (bicyclic) bond motifs is 1. The van der Waals surface area contributed by atoms with E-state index in [4.69, 9.17) is 4.74 Å². The maximum absolute atomic E-state index is 5.36. The van der Waals surface area contributed by atoms with Gasteiger partial charge in [-0.2, -0.15) is 0 Å². The molecule has 1 fully saturated rings. The van der Waals surface area contributed by atoms with Crippen LogP contribution in [0.4, 0.5) is 0 Å². The average Bonchev–Trinajstić information content (AvgIpc) is 3.08. The van der Waals surface area contributed by atoms with Gasteiger partial charge in [0.2, 0.25) is 0 Å². The number of aryl methyl sites for hydroxylation is 1. The molecule has 0 saturated heterocycles. The third kappa shape index (κ3) is 2.64. The molecule has 0 amide bonds. The topological polar surface area (TPSA) is 21.3 Å². The Balaban J connectivity index is 1.70. The third-order valence-corrected chi connectivity index (χ3v) is 5.00. The predicted molar refractivity (Wildman–Crippen MR) is 78.6 cm³/mol. The van der Waals surface area contributed by atoms with Crippen molar-refractivity contribution in [1.29, 1.82) is 0 Å². The monoisotopic (exact) mass is 259 g/mol. The first-order chi connectivity index (χ1) is 9.28. The number of hydrogen-bond donors (Lipinski definition) is 1. The van der Waals surface area contributed by atoms with E-state index < -0.39 is 0 Å². The van der Waals surface area contributed by atoms with E-state index in [1.165, 1.54) is 49.7 Å². The van der Waals surface area contributed by atoms with Gasteiger partial charge in [0.05, 0.1) is 7.11 Å². The molecular weight excluding hydrogens is 234 g/mol. The predicted octanol–water partition coefficient (Wildman–Crippen LogP) is 3.85. The minimum Gasteiger partial charge on any atom is -0.497 e. The smallest absolute Gasteiger partial charge is 0.119 e. The van der Waals surface area contributed by atoms with E-state index in [9.17, 15) is 0 Å². The fourth-order valence-electron chi connectivity index (χ4n) is 3.79. The van der Waals surface area contributed by atoms with Gasteiger partial charge in [-0.05, 0) is 61.8 Å². The molecule has 0 bridgehead atoms. The Hall–Kier alpha value is -1.02. The van der Waals surface area contributed by atoms with Gasteiger partial charge in [0.15, 0.2) is 0 Å². The van der Waals surface area contributed by atoms with Crippen molar-refractivity contribution in [3.8, 4) is 5.75 Å². The summed E-state index contributed by atoms with van der Waals surface area (Å²) in [6, 6.07) is 7.71. The lowest BCUT2D eigenvalue weighted by Gasteiger charge is -2.25. The van der Waals surface area contributed by atoms with Gasteiger partial charge in [-0.25, -0.2) is 0 Å². The molecule has 2 heteroatoms. The summed E-state index contributed by atoms with van der Waals surface area (Å²) in [6.45, 7) is 2.37. The fourth-order valence-corrected chi connectivity index (χ4v) is 3.79. The molecule has 104 valence electrons. The number of benzene rings is 1. The van der Waals surface area contributed by atoms with Crippen LogP contribution in [0.3, 0.4) is 0 Å². The minimum atomic E-state index is 0.528. The van der Waals surface area contributed by atoms with Crippen LogP contribution >= 0.6 is 0 Å². The molecule has 0 radical (unpaired) electrons. The highest BCUT2D eigenvalue weighted by molar-refractivity contribution is 5.40. The van der Waals surface area contributed by atoms with Crippen molar-refractivity contribution in [2.45, 2.75) is 57.5 Å². The van der Waals surface area contributed by atoms with E-state index in [2.05, 4.69) is 30.4 Å². The Bertz CT molecular complexity index is 437. The van der Waals surface area contributed by atoms with Crippen molar-refractivity contribution in [2.24, 2.45) is 5.92 Å². The fraction of sp³-hybridized carbons (Fsp3) is 0.647. The summed E-state index contributed by atoms with van der Waals surface area (Å²) < 4.78 is 5.36. The molecule has 2 nitrogen and oxygen atoms in total. The highest BCUT2D eigenvalue weighted by Crippen LogP contribution is 2.36. The van der Waals surface area contributed by atoms with E-state index in [1.807, 2.05) is 0 Å². The molecule has 2 unspecified atom stereocenters. The average molecular weight is 259 g/mol. The molecule has 1 N–H and O–H groups in total. The molecule has 1 aromatic carbocycles. The number of methoxy groups -OCH3 is 1. The van der Waals surface area contributed by atoms with Crippen molar-refractivity contribution in [3.05, 3.63) is 29.3 Å². The van der Waals surface area contributed by atoms with Crippen molar-refractivity contribution >= 4 is 0 Å². The van der Waals surface area contributed by atoms with E-state index in [0.717, 1.165) is 11.7 Å². The summed E-state index contributed by atoms with van der Waals surface area (Å²) in [5, 5.41) is 3.87. The first-order valence-electron chi connectivity index (χ1n) is 7.71. The van der Waals surface area contributed by atoms with Crippen LogP contribution in [-0.4, -0.2) is 13.2 Å². The maximum atomic E-state index is 5.36. The summed E-state index contributed by atoms with van der Waals surface area (Å²) in [5.74, 6) is 1.87. The van der Waals surface area contributed by atoms with E-state index in [1.54, 1.807) is 7.11 Å². The molecule has 0 aromatic heterocycles. The highest BCUT2D eigenvalue weighted by Gasteiger charge is 2.28. The first kappa shape index (κ1) is 13.0. The van der Waals surface area contributed by atoms with Crippen LogP contribution in [0.1, 0.15) is 56.2 Å². The molecule has 2 atom stereocenters. The molecule has 3 rings (SSSR count). The summed E-state index contributed by atoms with van der Waals surface area (Å²) in [5.41, 5.74) is 2.96. The molecular formula is C17H25NO. The van der Waals surface area contributed by atoms with Crippen molar-refractivity contribution in [1.82, 2.24) is 5.32 Å². The van der Waals surface area contributed by atoms with Crippen LogP contribution in [0.25, 0.3) is 0 Å². The summed E-state index contributed by atoms with van der Waals surface area (Å²) in [4.78, 5) is 0. The van der Waals surface area contributed by atoms with Crippen LogP contribution in [0.15, 0.2) is 18.2 Å². The molecule has 2 aliphatic rings. The Labute approximate surface area is 116 Å². The lowest BCUT2D eigenvalue weighted by atomic mass is 9.98. The van der Waals surface area contributed by atoms with Gasteiger partial charge in [0.25, 0.3) is 0 Å². The lowest BCUT2D eigenvalue weighted by Crippen LogP contribution is -2.34.